The highest BCUT2D eigenvalue weighted by molar-refractivity contribution is 6.34. The van der Waals surface area contributed by atoms with Gasteiger partial charge in [0.25, 0.3) is 0 Å². The monoisotopic (exact) mass is 297 g/mol. The molecular weight excluding hydrogens is 282 g/mol. The average Bonchev–Trinajstić information content (AvgIpc) is 2.49. The van der Waals surface area contributed by atoms with Crippen molar-refractivity contribution in [3.8, 4) is 0 Å². The maximum absolute atomic E-state index is 12.1. The lowest BCUT2D eigenvalue weighted by Crippen LogP contribution is -2.28. The molecule has 6 nitrogen and oxygen atoms in total. The molecule has 1 fully saturated rings. The number of oxime groups is 1. The first-order chi connectivity index (χ1) is 9.61. The smallest absolute Gasteiger partial charge is 0.227 e. The molecule has 0 aliphatic carbocycles. The largest absolute Gasteiger partial charge is 0.409 e. The number of carbonyl (C=O) groups excluding carboxylic acids is 1. The molecule has 0 atom stereocenters. The van der Waals surface area contributed by atoms with Gasteiger partial charge in [0, 0.05) is 24.7 Å². The molecule has 108 valence electrons. The zero-order chi connectivity index (χ0) is 14.5. The van der Waals surface area contributed by atoms with Crippen LogP contribution in [0, 0.1) is 5.92 Å². The Hall–Kier alpha value is -1.79. The predicted molar refractivity (Wildman–Crippen MR) is 76.1 cm³/mol. The van der Waals surface area contributed by atoms with Gasteiger partial charge in [-0.2, -0.15) is 0 Å². The number of hydrogen-bond donors (Lipinski definition) is 3. The molecule has 20 heavy (non-hydrogen) atoms. The Morgan fingerprint density at radius 1 is 1.45 bits per heavy atom. The lowest BCUT2D eigenvalue weighted by Gasteiger charge is -2.21. The van der Waals surface area contributed by atoms with E-state index in [9.17, 15) is 4.79 Å². The third kappa shape index (κ3) is 3.40. The van der Waals surface area contributed by atoms with Crippen molar-refractivity contribution in [1.29, 1.82) is 0 Å². The molecule has 1 heterocycles. The zero-order valence-electron chi connectivity index (χ0n) is 10.8. The van der Waals surface area contributed by atoms with Crippen molar-refractivity contribution in [2.75, 3.05) is 18.5 Å². The number of ether oxygens (including phenoxy) is 1. The number of nitrogens with one attached hydrogen (secondary N) is 1. The molecule has 1 saturated heterocycles. The van der Waals surface area contributed by atoms with Gasteiger partial charge in [0.1, 0.15) is 0 Å². The van der Waals surface area contributed by atoms with Crippen LogP contribution in [0.15, 0.2) is 23.4 Å². The number of amides is 1. The molecule has 2 rings (SSSR count). The van der Waals surface area contributed by atoms with Crippen LogP contribution in [0.4, 0.5) is 5.69 Å². The van der Waals surface area contributed by atoms with Crippen LogP contribution in [0.25, 0.3) is 0 Å². The van der Waals surface area contributed by atoms with E-state index in [0.717, 1.165) is 0 Å². The lowest BCUT2D eigenvalue weighted by molar-refractivity contribution is -0.122. The van der Waals surface area contributed by atoms with E-state index in [0.29, 0.717) is 42.3 Å². The Kier molecular flexibility index (Phi) is 4.81. The normalized spacial score (nSPS) is 16.9. The van der Waals surface area contributed by atoms with Crippen LogP contribution < -0.4 is 11.1 Å². The molecule has 7 heteroatoms. The molecule has 1 amide bonds. The Morgan fingerprint density at radius 2 is 2.15 bits per heavy atom. The van der Waals surface area contributed by atoms with E-state index in [1.54, 1.807) is 18.2 Å². The van der Waals surface area contributed by atoms with E-state index < -0.39 is 0 Å². The Bertz CT molecular complexity index is 528. The second-order valence-corrected chi connectivity index (χ2v) is 4.96. The fourth-order valence-electron chi connectivity index (χ4n) is 2.03. The van der Waals surface area contributed by atoms with Crippen molar-refractivity contribution in [2.45, 2.75) is 12.8 Å². The van der Waals surface area contributed by atoms with Gasteiger partial charge in [0.05, 0.1) is 10.7 Å². The molecule has 0 spiro atoms. The third-order valence-corrected chi connectivity index (χ3v) is 3.55. The number of anilines is 1. The summed E-state index contributed by atoms with van der Waals surface area (Å²) in [7, 11) is 0. The number of amidine groups is 1. The van der Waals surface area contributed by atoms with Crippen LogP contribution in [0.3, 0.4) is 0 Å². The molecular formula is C13H16ClN3O3. The van der Waals surface area contributed by atoms with Crippen LogP contribution in [-0.4, -0.2) is 30.2 Å². The van der Waals surface area contributed by atoms with Crippen molar-refractivity contribution >= 4 is 29.0 Å². The maximum Gasteiger partial charge on any atom is 0.227 e. The summed E-state index contributed by atoms with van der Waals surface area (Å²) in [6.07, 6.45) is 1.40. The van der Waals surface area contributed by atoms with Gasteiger partial charge in [-0.15, -0.1) is 0 Å². The van der Waals surface area contributed by atoms with Crippen molar-refractivity contribution in [3.05, 3.63) is 28.8 Å². The van der Waals surface area contributed by atoms with E-state index in [1.165, 1.54) is 0 Å². The van der Waals surface area contributed by atoms with Crippen molar-refractivity contribution in [3.63, 3.8) is 0 Å². The number of benzene rings is 1. The standard InChI is InChI=1S/C13H16ClN3O3/c14-10-2-1-9(12(15)17-19)7-11(10)16-13(18)8-3-5-20-6-4-8/h1-2,7-8,19H,3-6H2,(H2,15,17)(H,16,18). The fraction of sp³-hybridized carbons (Fsp3) is 0.385. The summed E-state index contributed by atoms with van der Waals surface area (Å²) in [5.41, 5.74) is 6.45. The first-order valence-corrected chi connectivity index (χ1v) is 6.65. The zero-order valence-corrected chi connectivity index (χ0v) is 11.6. The van der Waals surface area contributed by atoms with Gasteiger partial charge in [-0.1, -0.05) is 16.8 Å². The Balaban J connectivity index is 2.13. The van der Waals surface area contributed by atoms with Gasteiger partial charge in [-0.05, 0) is 31.0 Å². The maximum atomic E-state index is 12.1. The molecule has 1 aliphatic rings. The summed E-state index contributed by atoms with van der Waals surface area (Å²) >= 11 is 6.04. The fourth-order valence-corrected chi connectivity index (χ4v) is 2.20. The van der Waals surface area contributed by atoms with Crippen LogP contribution in [0.2, 0.25) is 5.02 Å². The average molecular weight is 298 g/mol. The number of halogens is 1. The lowest BCUT2D eigenvalue weighted by atomic mass is 9.99. The van der Waals surface area contributed by atoms with E-state index in [4.69, 9.17) is 27.3 Å². The SMILES string of the molecule is N/C(=N/O)c1ccc(Cl)c(NC(=O)C2CCOCC2)c1. The predicted octanol–water partition coefficient (Wildman–Crippen LogP) is 1.80. The van der Waals surface area contributed by atoms with E-state index in [2.05, 4.69) is 10.5 Å². The van der Waals surface area contributed by atoms with Crippen molar-refractivity contribution < 1.29 is 14.7 Å². The van der Waals surface area contributed by atoms with E-state index in [1.807, 2.05) is 0 Å². The van der Waals surface area contributed by atoms with Crippen LogP contribution in [-0.2, 0) is 9.53 Å². The highest BCUT2D eigenvalue weighted by atomic mass is 35.5. The van der Waals surface area contributed by atoms with Crippen LogP contribution >= 0.6 is 11.6 Å². The Morgan fingerprint density at radius 3 is 2.80 bits per heavy atom. The molecule has 0 bridgehead atoms. The summed E-state index contributed by atoms with van der Waals surface area (Å²) in [6.45, 7) is 1.19. The summed E-state index contributed by atoms with van der Waals surface area (Å²) in [6, 6.07) is 4.78. The molecule has 1 aromatic carbocycles. The molecule has 1 aliphatic heterocycles. The minimum absolute atomic E-state index is 0.0387. The second-order valence-electron chi connectivity index (χ2n) is 4.56. The Labute approximate surface area is 121 Å². The minimum Gasteiger partial charge on any atom is -0.409 e. The number of hydrogen-bond acceptors (Lipinski definition) is 4. The minimum atomic E-state index is -0.0909. The van der Waals surface area contributed by atoms with Crippen molar-refractivity contribution in [2.24, 2.45) is 16.8 Å². The van der Waals surface area contributed by atoms with Gasteiger partial charge >= 0.3 is 0 Å². The second kappa shape index (κ2) is 6.58. The summed E-state index contributed by atoms with van der Waals surface area (Å²) < 4.78 is 5.22. The molecule has 4 N–H and O–H groups in total. The van der Waals surface area contributed by atoms with Gasteiger partial charge in [-0.25, -0.2) is 0 Å². The quantitative estimate of drug-likeness (QED) is 0.343. The van der Waals surface area contributed by atoms with Gasteiger partial charge in [0.15, 0.2) is 5.84 Å². The summed E-state index contributed by atoms with van der Waals surface area (Å²) in [5, 5.41) is 14.8. The molecule has 0 radical (unpaired) electrons. The highest BCUT2D eigenvalue weighted by Gasteiger charge is 2.22. The topological polar surface area (TPSA) is 96.9 Å². The van der Waals surface area contributed by atoms with Gasteiger partial charge < -0.3 is 21.0 Å². The highest BCUT2D eigenvalue weighted by Crippen LogP contribution is 2.25. The van der Waals surface area contributed by atoms with Crippen molar-refractivity contribution in [1.82, 2.24) is 0 Å². The number of nitrogens with zero attached hydrogens (tertiary/aromatic N) is 1. The number of rotatable bonds is 3. The molecule has 1 aromatic rings. The molecule has 0 saturated carbocycles. The van der Waals surface area contributed by atoms with Gasteiger partial charge in [-0.3, -0.25) is 4.79 Å². The van der Waals surface area contributed by atoms with E-state index in [-0.39, 0.29) is 17.7 Å². The van der Waals surface area contributed by atoms with Crippen LogP contribution in [0.1, 0.15) is 18.4 Å². The van der Waals surface area contributed by atoms with Crippen LogP contribution in [0.5, 0.6) is 0 Å². The van der Waals surface area contributed by atoms with E-state index >= 15 is 0 Å². The number of carbonyl (C=O) groups is 1. The van der Waals surface area contributed by atoms with Gasteiger partial charge in [0.2, 0.25) is 5.91 Å². The first kappa shape index (κ1) is 14.6. The third-order valence-electron chi connectivity index (χ3n) is 3.22. The first-order valence-electron chi connectivity index (χ1n) is 6.28. The summed E-state index contributed by atoms with van der Waals surface area (Å²) in [5.74, 6) is -0.206. The molecule has 0 aromatic heterocycles. The molecule has 0 unspecified atom stereocenters. The summed E-state index contributed by atoms with van der Waals surface area (Å²) in [4.78, 5) is 12.1. The number of nitrogens with two attached hydrogens (primary N) is 1.